The highest BCUT2D eigenvalue weighted by atomic mass is 16.5. The van der Waals surface area contributed by atoms with Gasteiger partial charge in [0, 0.05) is 52.1 Å². The van der Waals surface area contributed by atoms with Crippen LogP contribution in [0.15, 0.2) is 6.20 Å². The molecule has 1 aromatic rings. The molecule has 1 fully saturated rings. The number of aryl methyl sites for hydroxylation is 1. The van der Waals surface area contributed by atoms with Crippen molar-refractivity contribution in [1.82, 2.24) is 19.4 Å². The molecule has 114 valence electrons. The van der Waals surface area contributed by atoms with E-state index in [0.717, 1.165) is 44.4 Å². The molecule has 1 N–H and O–H groups in total. The number of rotatable bonds is 6. The highest BCUT2D eigenvalue weighted by molar-refractivity contribution is 5.29. The summed E-state index contributed by atoms with van der Waals surface area (Å²) in [4.78, 5) is 9.36. The van der Waals surface area contributed by atoms with Crippen LogP contribution in [0.4, 0.5) is 5.95 Å². The molecule has 0 aromatic carbocycles. The number of nitrogens with one attached hydrogen (secondary N) is 1. The summed E-state index contributed by atoms with van der Waals surface area (Å²) >= 11 is 0. The number of imidazole rings is 1. The Balaban J connectivity index is 1.92. The van der Waals surface area contributed by atoms with E-state index in [1.807, 2.05) is 6.92 Å². The lowest BCUT2D eigenvalue weighted by atomic mass is 10.2. The summed E-state index contributed by atoms with van der Waals surface area (Å²) in [5.74, 6) is 0.946. The fraction of sp³-hybridized carbons (Fsp3) is 0.786. The smallest absolute Gasteiger partial charge is 0.203 e. The van der Waals surface area contributed by atoms with Crippen LogP contribution in [-0.4, -0.2) is 79.4 Å². The Bertz CT molecular complexity index is 420. The first-order chi connectivity index (χ1) is 9.60. The van der Waals surface area contributed by atoms with Gasteiger partial charge in [0.05, 0.1) is 12.3 Å². The number of piperazine rings is 1. The van der Waals surface area contributed by atoms with Gasteiger partial charge in [-0.25, -0.2) is 4.98 Å². The maximum Gasteiger partial charge on any atom is 0.203 e. The van der Waals surface area contributed by atoms with E-state index >= 15 is 0 Å². The molecule has 1 saturated heterocycles. The van der Waals surface area contributed by atoms with Crippen molar-refractivity contribution in [2.24, 2.45) is 0 Å². The van der Waals surface area contributed by atoms with Gasteiger partial charge in [0.15, 0.2) is 0 Å². The van der Waals surface area contributed by atoms with Crippen LogP contribution in [0.25, 0.3) is 0 Å². The molecule has 2 rings (SSSR count). The molecule has 1 aliphatic heterocycles. The molecule has 0 spiro atoms. The molecule has 1 aliphatic rings. The maximum atomic E-state index is 5.14. The Morgan fingerprint density at radius 1 is 1.40 bits per heavy atom. The van der Waals surface area contributed by atoms with Gasteiger partial charge in [0.1, 0.15) is 0 Å². The van der Waals surface area contributed by atoms with Crippen molar-refractivity contribution in [2.45, 2.75) is 19.5 Å². The Morgan fingerprint density at radius 3 is 2.95 bits per heavy atom. The molecule has 6 heteroatoms. The summed E-state index contributed by atoms with van der Waals surface area (Å²) in [6.07, 6.45) is 2.07. The number of nitrogens with zero attached hydrogens (tertiary/aromatic N) is 4. The second-order valence-electron chi connectivity index (χ2n) is 5.67. The number of ether oxygens (including phenoxy) is 1. The third-order valence-electron chi connectivity index (χ3n) is 3.91. The number of likely N-dealkylation sites (N-methyl/N-ethyl adjacent to an activating group) is 2. The monoisotopic (exact) mass is 281 g/mol. The van der Waals surface area contributed by atoms with E-state index in [0.29, 0.717) is 12.6 Å². The average molecular weight is 281 g/mol. The van der Waals surface area contributed by atoms with Gasteiger partial charge < -0.3 is 19.5 Å². The van der Waals surface area contributed by atoms with Gasteiger partial charge in [-0.15, -0.1) is 0 Å². The van der Waals surface area contributed by atoms with Gasteiger partial charge in [0.25, 0.3) is 0 Å². The van der Waals surface area contributed by atoms with Crippen molar-refractivity contribution in [1.29, 1.82) is 0 Å². The van der Waals surface area contributed by atoms with Gasteiger partial charge in [-0.3, -0.25) is 4.90 Å². The van der Waals surface area contributed by atoms with E-state index in [1.165, 1.54) is 0 Å². The summed E-state index contributed by atoms with van der Waals surface area (Å²) < 4.78 is 7.27. The van der Waals surface area contributed by atoms with Gasteiger partial charge >= 0.3 is 0 Å². The third-order valence-corrected chi connectivity index (χ3v) is 3.91. The molecule has 0 aliphatic carbocycles. The van der Waals surface area contributed by atoms with Crippen molar-refractivity contribution in [3.05, 3.63) is 11.9 Å². The number of methoxy groups -OCH3 is 1. The Morgan fingerprint density at radius 2 is 2.20 bits per heavy atom. The highest BCUT2D eigenvalue weighted by Crippen LogP contribution is 2.11. The lowest BCUT2D eigenvalue weighted by Gasteiger charge is -2.37. The molecular weight excluding hydrogens is 254 g/mol. The fourth-order valence-electron chi connectivity index (χ4n) is 2.58. The molecular formula is C14H27N5O. The van der Waals surface area contributed by atoms with E-state index in [1.54, 1.807) is 7.11 Å². The minimum atomic E-state index is 0.529. The predicted molar refractivity (Wildman–Crippen MR) is 81.2 cm³/mol. The van der Waals surface area contributed by atoms with Crippen molar-refractivity contribution >= 4 is 5.95 Å². The summed E-state index contributed by atoms with van der Waals surface area (Å²) in [6.45, 7) is 7.85. The molecule has 1 aromatic heterocycles. The van der Waals surface area contributed by atoms with Crippen molar-refractivity contribution < 1.29 is 4.74 Å². The van der Waals surface area contributed by atoms with Crippen LogP contribution in [0.5, 0.6) is 0 Å². The topological polar surface area (TPSA) is 45.6 Å². The quantitative estimate of drug-likeness (QED) is 0.822. The molecule has 1 atom stereocenters. The lowest BCUT2D eigenvalue weighted by molar-refractivity contribution is 0.121. The molecule has 0 radical (unpaired) electrons. The summed E-state index contributed by atoms with van der Waals surface area (Å²) in [7, 11) is 6.11. The zero-order valence-corrected chi connectivity index (χ0v) is 13.1. The first-order valence-corrected chi connectivity index (χ1v) is 7.25. The SMILES string of the molecule is COCCn1cc(C)nc1NCC1CN(C)CCN1C. The average Bonchev–Trinajstić information content (AvgIpc) is 2.77. The fourth-order valence-corrected chi connectivity index (χ4v) is 2.58. The Hall–Kier alpha value is -1.11. The van der Waals surface area contributed by atoms with Crippen LogP contribution in [0.1, 0.15) is 5.69 Å². The minimum Gasteiger partial charge on any atom is -0.383 e. The van der Waals surface area contributed by atoms with Crippen LogP contribution < -0.4 is 5.32 Å². The van der Waals surface area contributed by atoms with Gasteiger partial charge in [-0.1, -0.05) is 0 Å². The zero-order valence-electron chi connectivity index (χ0n) is 13.1. The molecule has 0 bridgehead atoms. The third kappa shape index (κ3) is 3.94. The van der Waals surface area contributed by atoms with Crippen molar-refractivity contribution in [3.63, 3.8) is 0 Å². The molecule has 1 unspecified atom stereocenters. The van der Waals surface area contributed by atoms with Gasteiger partial charge in [-0.05, 0) is 21.0 Å². The van der Waals surface area contributed by atoms with E-state index in [-0.39, 0.29) is 0 Å². The first-order valence-electron chi connectivity index (χ1n) is 7.25. The van der Waals surface area contributed by atoms with Crippen LogP contribution >= 0.6 is 0 Å². The highest BCUT2D eigenvalue weighted by Gasteiger charge is 2.22. The largest absolute Gasteiger partial charge is 0.383 e. The second-order valence-corrected chi connectivity index (χ2v) is 5.67. The number of aromatic nitrogens is 2. The Kier molecular flexibility index (Phi) is 5.39. The molecule has 20 heavy (non-hydrogen) atoms. The number of hydrogen-bond donors (Lipinski definition) is 1. The first kappa shape index (κ1) is 15.3. The van der Waals surface area contributed by atoms with Crippen LogP contribution in [-0.2, 0) is 11.3 Å². The summed E-state index contributed by atoms with van der Waals surface area (Å²) in [5, 5.41) is 3.49. The maximum absolute atomic E-state index is 5.14. The normalized spacial score (nSPS) is 21.3. The lowest BCUT2D eigenvalue weighted by Crippen LogP contribution is -2.52. The molecule has 0 amide bonds. The predicted octanol–water partition coefficient (Wildman–Crippen LogP) is 0.496. The Labute approximate surface area is 121 Å². The molecule has 2 heterocycles. The van der Waals surface area contributed by atoms with Gasteiger partial charge in [0.2, 0.25) is 5.95 Å². The molecule has 6 nitrogen and oxygen atoms in total. The van der Waals surface area contributed by atoms with Gasteiger partial charge in [-0.2, -0.15) is 0 Å². The summed E-state index contributed by atoms with van der Waals surface area (Å²) in [5.41, 5.74) is 1.04. The van der Waals surface area contributed by atoms with Crippen molar-refractivity contribution in [3.8, 4) is 0 Å². The summed E-state index contributed by atoms with van der Waals surface area (Å²) in [6, 6.07) is 0.529. The van der Waals surface area contributed by atoms with E-state index < -0.39 is 0 Å². The minimum absolute atomic E-state index is 0.529. The number of hydrogen-bond acceptors (Lipinski definition) is 5. The van der Waals surface area contributed by atoms with Crippen molar-refractivity contribution in [2.75, 3.05) is 59.3 Å². The van der Waals surface area contributed by atoms with Crippen LogP contribution in [0.3, 0.4) is 0 Å². The van der Waals surface area contributed by atoms with Crippen LogP contribution in [0, 0.1) is 6.92 Å². The zero-order chi connectivity index (χ0) is 14.5. The second kappa shape index (κ2) is 7.06. The van der Waals surface area contributed by atoms with E-state index in [4.69, 9.17) is 4.74 Å². The standard InChI is InChI=1S/C14H27N5O/c1-12-10-19(7-8-20-4)14(16-12)15-9-13-11-17(2)5-6-18(13)3/h10,13H,5-9,11H2,1-4H3,(H,15,16). The van der Waals surface area contributed by atoms with Crippen LogP contribution in [0.2, 0.25) is 0 Å². The molecule has 0 saturated carbocycles. The van der Waals surface area contributed by atoms with E-state index in [2.05, 4.69) is 45.0 Å². The van der Waals surface area contributed by atoms with E-state index in [9.17, 15) is 0 Å². The number of anilines is 1.